The van der Waals surface area contributed by atoms with Gasteiger partial charge in [0.1, 0.15) is 0 Å². The number of hydrogen-bond donors (Lipinski definition) is 0. The van der Waals surface area contributed by atoms with Gasteiger partial charge in [0.15, 0.2) is 0 Å². The minimum absolute atomic E-state index is 0. The van der Waals surface area contributed by atoms with Crippen LogP contribution < -0.4 is 12.4 Å². The van der Waals surface area contributed by atoms with E-state index in [1.165, 1.54) is 16.7 Å². The smallest absolute Gasteiger partial charge is 1.00 e. The van der Waals surface area contributed by atoms with Gasteiger partial charge in [-0.3, -0.25) is 0 Å². The molecule has 0 N–H and O–H groups in total. The standard InChI is InChI=1S/2C9H7.C9H11.ClH.Hf.H2Si/c2*1-2-5-9-7-3-6-8(9)4-1;1-8(2)9-6-4-3-5-7-9;;;/h2*1-7H;3-7H,1-2H3;1H;;1H2/p-1. The summed E-state index contributed by atoms with van der Waals surface area (Å²) in [5, 5.41) is 0. The van der Waals surface area contributed by atoms with E-state index in [4.69, 9.17) is 0 Å². The maximum Gasteiger partial charge on any atom is -1.00 e. The molecule has 0 aliphatic heterocycles. The average molecular weight is 594 g/mol. The fraction of sp³-hybridized carbons (Fsp3) is 0.185. The third-order valence-corrected chi connectivity index (χ3v) is 42.8. The van der Waals surface area contributed by atoms with Crippen molar-refractivity contribution in [3.8, 4) is 0 Å². The maximum atomic E-state index is 2.55. The maximum absolute atomic E-state index is 3.20. The zero-order valence-corrected chi connectivity index (χ0v) is 23.3. The van der Waals surface area contributed by atoms with Crippen molar-refractivity contribution < 1.29 is 31.0 Å². The van der Waals surface area contributed by atoms with E-state index in [-0.39, 0.29) is 15.6 Å². The molecule has 0 heterocycles. The van der Waals surface area contributed by atoms with Gasteiger partial charge in [0.2, 0.25) is 0 Å². The number of allylic oxidation sites excluding steroid dienone is 2. The van der Waals surface area contributed by atoms with E-state index in [1.54, 1.807) is 11.1 Å². The first-order valence-corrected chi connectivity index (χ1v) is 24.8. The van der Waals surface area contributed by atoms with Crippen LogP contribution in [-0.2, 0) is 21.8 Å². The van der Waals surface area contributed by atoms with Gasteiger partial charge in [-0.15, -0.1) is 0 Å². The molecule has 5 rings (SSSR count). The van der Waals surface area contributed by atoms with Gasteiger partial charge in [-0.05, 0) is 0 Å². The van der Waals surface area contributed by atoms with Crippen LogP contribution in [0.25, 0.3) is 12.2 Å². The number of benzene rings is 3. The molecule has 151 valence electrons. The van der Waals surface area contributed by atoms with E-state index in [0.717, 1.165) is 0 Å². The zero-order valence-electron chi connectivity index (χ0n) is 17.6. The molecule has 0 amide bonds. The fourth-order valence-electron chi connectivity index (χ4n) is 5.49. The van der Waals surface area contributed by atoms with E-state index in [9.17, 15) is 0 Å². The fourth-order valence-corrected chi connectivity index (χ4v) is 31.5. The Morgan fingerprint density at radius 2 is 1.10 bits per heavy atom. The first-order valence-electron chi connectivity index (χ1n) is 10.5. The van der Waals surface area contributed by atoms with Gasteiger partial charge >= 0.3 is 181 Å². The number of halogens is 1. The van der Waals surface area contributed by atoms with Crippen LogP contribution in [0.4, 0.5) is 0 Å². The van der Waals surface area contributed by atoms with Crippen molar-refractivity contribution in [3.63, 3.8) is 0 Å². The summed E-state index contributed by atoms with van der Waals surface area (Å²) in [5.74, 6) is 0. The summed E-state index contributed by atoms with van der Waals surface area (Å²) in [6.45, 7) is 7.53. The van der Waals surface area contributed by atoms with Gasteiger partial charge in [0, 0.05) is 0 Å². The molecule has 3 heteroatoms. The Kier molecular flexibility index (Phi) is 5.96. The molecule has 0 aromatic heterocycles. The van der Waals surface area contributed by atoms with Gasteiger partial charge in [-0.25, -0.2) is 0 Å². The summed E-state index contributed by atoms with van der Waals surface area (Å²) in [6, 6.07) is 29.4. The Morgan fingerprint density at radius 1 is 0.667 bits per heavy atom. The Morgan fingerprint density at radius 3 is 1.60 bits per heavy atom. The molecule has 2 aliphatic carbocycles. The van der Waals surface area contributed by atoms with E-state index < -0.39 is 18.6 Å². The van der Waals surface area contributed by atoms with E-state index in [0.29, 0.717) is 7.35 Å². The van der Waals surface area contributed by atoms with Crippen molar-refractivity contribution in [2.24, 2.45) is 0 Å². The van der Waals surface area contributed by atoms with Gasteiger partial charge in [0.05, 0.1) is 0 Å². The molecule has 0 saturated heterocycles. The molecule has 30 heavy (non-hydrogen) atoms. The number of fused-ring (bicyclic) bond motifs is 2. The Hall–Kier alpha value is -1.48. The molecule has 3 aromatic carbocycles. The molecule has 2 atom stereocenters. The molecule has 0 spiro atoms. The normalized spacial score (nSPS) is 20.9. The summed E-state index contributed by atoms with van der Waals surface area (Å²) in [7, 11) is 0. The van der Waals surface area contributed by atoms with Crippen LogP contribution in [0.15, 0.2) is 91.0 Å². The summed E-state index contributed by atoms with van der Waals surface area (Å²) < 4.78 is 1.38. The van der Waals surface area contributed by atoms with Crippen LogP contribution in [0.1, 0.15) is 49.0 Å². The summed E-state index contributed by atoms with van der Waals surface area (Å²) in [4.78, 5) is 0. The van der Waals surface area contributed by atoms with Crippen LogP contribution in [0, 0.1) is 0 Å². The summed E-state index contributed by atoms with van der Waals surface area (Å²) >= 11 is -3.20. The van der Waals surface area contributed by atoms with E-state index in [2.05, 4.69) is 124 Å². The molecule has 2 unspecified atom stereocenters. The van der Waals surface area contributed by atoms with Gasteiger partial charge in [0.25, 0.3) is 0 Å². The number of rotatable bonds is 4. The van der Waals surface area contributed by atoms with Crippen LogP contribution in [0.3, 0.4) is 0 Å². The predicted molar refractivity (Wildman–Crippen MR) is 124 cm³/mol. The summed E-state index contributed by atoms with van der Waals surface area (Å²) in [5.41, 5.74) is 7.48. The third kappa shape index (κ3) is 3.19. The SMILES string of the molecule is C[C](C)(c1ccccc1)[Hf](=[SiH2])([CH]1C=Cc2ccccc21)[CH]1C=Cc2ccccc21.[Cl-]. The van der Waals surface area contributed by atoms with Gasteiger partial charge in [-0.2, -0.15) is 0 Å². The Balaban J connectivity index is 0.00000218. The van der Waals surface area contributed by atoms with Gasteiger partial charge in [-0.1, -0.05) is 0 Å². The van der Waals surface area contributed by atoms with Crippen molar-refractivity contribution in [1.82, 2.24) is 0 Å². The predicted octanol–water partition coefficient (Wildman–Crippen LogP) is 3.16. The van der Waals surface area contributed by atoms with Crippen molar-refractivity contribution in [2.75, 3.05) is 0 Å². The second kappa shape index (κ2) is 8.22. The number of hydrogen-bond acceptors (Lipinski definition) is 0. The first kappa shape index (κ1) is 21.7. The molecule has 0 saturated carbocycles. The molecular weight excluding hydrogens is 566 g/mol. The van der Waals surface area contributed by atoms with E-state index >= 15 is 0 Å². The summed E-state index contributed by atoms with van der Waals surface area (Å²) in [6.07, 6.45) is 9.88. The van der Waals surface area contributed by atoms with Crippen molar-refractivity contribution >= 4 is 19.1 Å². The minimum Gasteiger partial charge on any atom is -1.00 e. The van der Waals surface area contributed by atoms with Crippen LogP contribution >= 0.6 is 0 Å². The molecule has 0 fully saturated rings. The zero-order chi connectivity index (χ0) is 20.1. The van der Waals surface area contributed by atoms with Gasteiger partial charge < -0.3 is 12.4 Å². The molecule has 2 aliphatic rings. The molecule has 3 aromatic rings. The third-order valence-electron chi connectivity index (χ3n) is 7.37. The quantitative estimate of drug-likeness (QED) is 0.408. The second-order valence-corrected chi connectivity index (χ2v) is 35.0. The Bertz CT molecular complexity index is 1110. The largest absolute Gasteiger partial charge is 1.00 e. The average Bonchev–Trinajstić information content (AvgIpc) is 3.38. The van der Waals surface area contributed by atoms with E-state index in [1.807, 2.05) is 0 Å². The molecule has 0 nitrogen and oxygen atoms in total. The van der Waals surface area contributed by atoms with Crippen molar-refractivity contribution in [2.45, 2.75) is 24.4 Å². The van der Waals surface area contributed by atoms with Crippen LogP contribution in [-0.4, -0.2) is 6.94 Å². The first-order chi connectivity index (χ1) is 14.0. The molecule has 0 bridgehead atoms. The van der Waals surface area contributed by atoms with Crippen LogP contribution in [0.5, 0.6) is 0 Å². The molecular formula is C27H27ClHfSi-. The van der Waals surface area contributed by atoms with Crippen molar-refractivity contribution in [1.29, 1.82) is 0 Å². The monoisotopic (exact) mass is 594 g/mol. The Labute approximate surface area is 192 Å². The van der Waals surface area contributed by atoms with Crippen LogP contribution in [0.2, 0.25) is 0 Å². The minimum atomic E-state index is -3.20. The topological polar surface area (TPSA) is 0 Å². The van der Waals surface area contributed by atoms with Crippen molar-refractivity contribution in [3.05, 3.63) is 119 Å². The molecule has 0 radical (unpaired) electrons. The second-order valence-electron chi connectivity index (χ2n) is 8.96.